The molecule has 0 bridgehead atoms. The summed E-state index contributed by atoms with van der Waals surface area (Å²) in [6.45, 7) is 4.33. The Labute approximate surface area is 190 Å². The van der Waals surface area contributed by atoms with Crippen LogP contribution in [0.3, 0.4) is 0 Å². The number of hydrogen-bond acceptors (Lipinski definition) is 6. The summed E-state index contributed by atoms with van der Waals surface area (Å²) in [5.74, 6) is -2.43. The van der Waals surface area contributed by atoms with Crippen molar-refractivity contribution in [2.24, 2.45) is 0 Å². The first-order valence-electron chi connectivity index (χ1n) is 11.1. The number of H-pyrrole nitrogens is 1. The number of hydrogen-bond donors (Lipinski definition) is 1. The van der Waals surface area contributed by atoms with Gasteiger partial charge in [-0.25, -0.2) is 9.67 Å². The zero-order valence-electron chi connectivity index (χ0n) is 18.7. The lowest BCUT2D eigenvalue weighted by atomic mass is 10.0. The van der Waals surface area contributed by atoms with Gasteiger partial charge in [0.25, 0.3) is 0 Å². The normalized spacial score (nSPS) is 11.8. The molecule has 3 aromatic heterocycles. The van der Waals surface area contributed by atoms with Gasteiger partial charge in [-0.3, -0.25) is 4.98 Å². The van der Waals surface area contributed by atoms with Crippen LogP contribution in [0.25, 0.3) is 22.5 Å². The molecule has 0 saturated heterocycles. The molecule has 33 heavy (non-hydrogen) atoms. The lowest BCUT2D eigenvalue weighted by molar-refractivity contribution is -0.0232. The van der Waals surface area contributed by atoms with Crippen LogP contribution in [-0.4, -0.2) is 40.4 Å². The Balaban J connectivity index is 1.59. The molecule has 0 spiro atoms. The van der Waals surface area contributed by atoms with Gasteiger partial charge in [-0.2, -0.15) is 14.0 Å². The van der Waals surface area contributed by atoms with E-state index in [-0.39, 0.29) is 6.42 Å². The minimum atomic E-state index is -3.03. The molecule has 0 amide bonds. The number of pyridine rings is 1. The summed E-state index contributed by atoms with van der Waals surface area (Å²) in [6.07, 6.45) is 3.96. The lowest BCUT2D eigenvalue weighted by Crippen LogP contribution is -2.15. The number of aryl methyl sites for hydroxylation is 1. The first kappa shape index (κ1) is 22.6. The number of halogens is 2. The number of benzene rings is 1. The van der Waals surface area contributed by atoms with Gasteiger partial charge in [-0.15, -0.1) is 15.3 Å². The second kappa shape index (κ2) is 9.93. The molecule has 0 saturated carbocycles. The average molecular weight is 453 g/mol. The van der Waals surface area contributed by atoms with Gasteiger partial charge >= 0.3 is 5.92 Å². The molecule has 8 nitrogen and oxygen atoms in total. The van der Waals surface area contributed by atoms with Gasteiger partial charge in [0.1, 0.15) is 5.82 Å². The Morgan fingerprint density at radius 2 is 1.85 bits per heavy atom. The predicted octanol–water partition coefficient (Wildman–Crippen LogP) is 4.80. The van der Waals surface area contributed by atoms with Crippen molar-refractivity contribution in [3.8, 4) is 22.5 Å². The maximum atomic E-state index is 14.4. The van der Waals surface area contributed by atoms with Crippen molar-refractivity contribution in [1.82, 2.24) is 40.4 Å². The summed E-state index contributed by atoms with van der Waals surface area (Å²) in [5, 5.41) is 18.4. The third kappa shape index (κ3) is 5.10. The van der Waals surface area contributed by atoms with Gasteiger partial charge in [0.15, 0.2) is 0 Å². The molecule has 172 valence electrons. The van der Waals surface area contributed by atoms with Crippen molar-refractivity contribution in [3.05, 3.63) is 59.9 Å². The minimum absolute atomic E-state index is 0.267. The van der Waals surface area contributed by atoms with Crippen molar-refractivity contribution < 1.29 is 8.78 Å². The Hall–Kier alpha value is -3.56. The van der Waals surface area contributed by atoms with Crippen molar-refractivity contribution in [1.29, 1.82) is 0 Å². The summed E-state index contributed by atoms with van der Waals surface area (Å²) in [4.78, 5) is 8.78. The molecule has 0 radical (unpaired) electrons. The number of aromatic amines is 1. The molecular weight excluding hydrogens is 426 g/mol. The largest absolute Gasteiger partial charge is 0.308 e. The molecule has 4 rings (SSSR count). The van der Waals surface area contributed by atoms with Gasteiger partial charge in [0.05, 0.1) is 0 Å². The molecule has 0 aliphatic rings. The maximum absolute atomic E-state index is 14.4. The highest BCUT2D eigenvalue weighted by atomic mass is 19.3. The summed E-state index contributed by atoms with van der Waals surface area (Å²) in [7, 11) is 0. The van der Waals surface area contributed by atoms with Crippen LogP contribution >= 0.6 is 0 Å². The van der Waals surface area contributed by atoms with E-state index in [1.807, 2.05) is 36.4 Å². The average Bonchev–Trinajstić information content (AvgIpc) is 3.49. The summed E-state index contributed by atoms with van der Waals surface area (Å²) >= 11 is 0. The van der Waals surface area contributed by atoms with Gasteiger partial charge in [0, 0.05) is 42.4 Å². The van der Waals surface area contributed by atoms with E-state index in [4.69, 9.17) is 0 Å². The van der Waals surface area contributed by atoms with Crippen molar-refractivity contribution in [3.63, 3.8) is 0 Å². The summed E-state index contributed by atoms with van der Waals surface area (Å²) < 4.78 is 30.5. The van der Waals surface area contributed by atoms with Crippen LogP contribution in [0.5, 0.6) is 0 Å². The molecule has 1 aromatic carbocycles. The van der Waals surface area contributed by atoms with E-state index < -0.39 is 11.7 Å². The van der Waals surface area contributed by atoms with Crippen LogP contribution in [0.15, 0.2) is 42.6 Å². The van der Waals surface area contributed by atoms with E-state index in [1.54, 1.807) is 17.8 Å². The fraction of sp³-hybridized carbons (Fsp3) is 0.391. The highest BCUT2D eigenvalue weighted by Crippen LogP contribution is 2.31. The summed E-state index contributed by atoms with van der Waals surface area (Å²) in [6, 6.07) is 11.5. The monoisotopic (exact) mass is 452 g/mol. The van der Waals surface area contributed by atoms with E-state index in [2.05, 4.69) is 42.6 Å². The Morgan fingerprint density at radius 3 is 2.52 bits per heavy atom. The zero-order chi connectivity index (χ0) is 23.3. The third-order valence-corrected chi connectivity index (χ3v) is 5.35. The number of nitrogens with one attached hydrogen (secondary N) is 1. The second-order valence-corrected chi connectivity index (χ2v) is 7.88. The van der Waals surface area contributed by atoms with Crippen LogP contribution < -0.4 is 0 Å². The highest BCUT2D eigenvalue weighted by Gasteiger charge is 2.36. The van der Waals surface area contributed by atoms with E-state index in [0.717, 1.165) is 35.2 Å². The van der Waals surface area contributed by atoms with Crippen LogP contribution in [-0.2, 0) is 18.9 Å². The fourth-order valence-corrected chi connectivity index (χ4v) is 3.63. The van der Waals surface area contributed by atoms with E-state index in [0.29, 0.717) is 31.0 Å². The number of aromatic nitrogens is 8. The standard InChI is InChI=1S/C23H26F2N8/c1-3-5-13-33-20(27-22(30-33)23(24,25)12-4-2)14-17-11-10-16(15-26-17)18-8-6-7-9-19(18)21-28-31-32-29-21/h6-11,15H,3-5,12-14H2,1-2H3,(H,28,29,31,32). The number of alkyl halides is 2. The molecule has 1 N–H and O–H groups in total. The number of rotatable bonds is 10. The summed E-state index contributed by atoms with van der Waals surface area (Å²) in [5.41, 5.74) is 3.38. The zero-order valence-corrected chi connectivity index (χ0v) is 18.7. The Morgan fingerprint density at radius 1 is 1.03 bits per heavy atom. The lowest BCUT2D eigenvalue weighted by Gasteiger charge is -2.10. The van der Waals surface area contributed by atoms with Gasteiger partial charge in [0.2, 0.25) is 11.6 Å². The van der Waals surface area contributed by atoms with Crippen molar-refractivity contribution in [2.75, 3.05) is 0 Å². The number of tetrazole rings is 1. The Bertz CT molecular complexity index is 1170. The van der Waals surface area contributed by atoms with Gasteiger partial charge in [-0.1, -0.05) is 50.6 Å². The predicted molar refractivity (Wildman–Crippen MR) is 119 cm³/mol. The molecule has 0 aliphatic heterocycles. The molecule has 10 heteroatoms. The molecular formula is C23H26F2N8. The molecule has 0 unspecified atom stereocenters. The van der Waals surface area contributed by atoms with Crippen LogP contribution in [0, 0.1) is 0 Å². The molecule has 4 aromatic rings. The van der Waals surface area contributed by atoms with Gasteiger partial charge < -0.3 is 0 Å². The highest BCUT2D eigenvalue weighted by molar-refractivity contribution is 5.79. The van der Waals surface area contributed by atoms with Crippen molar-refractivity contribution in [2.45, 2.75) is 58.4 Å². The smallest absolute Gasteiger partial charge is 0.260 e. The first-order chi connectivity index (χ1) is 16.0. The minimum Gasteiger partial charge on any atom is -0.260 e. The van der Waals surface area contributed by atoms with E-state index in [1.165, 1.54) is 0 Å². The van der Waals surface area contributed by atoms with Crippen molar-refractivity contribution >= 4 is 0 Å². The van der Waals surface area contributed by atoms with Crippen LogP contribution in [0.4, 0.5) is 8.78 Å². The number of unbranched alkanes of at least 4 members (excludes halogenated alkanes) is 1. The molecule has 3 heterocycles. The maximum Gasteiger partial charge on any atom is 0.308 e. The second-order valence-electron chi connectivity index (χ2n) is 7.88. The topological polar surface area (TPSA) is 98.1 Å². The molecule has 0 atom stereocenters. The SMILES string of the molecule is CCCCn1nc(C(F)(F)CCC)nc1Cc1ccc(-c2ccccc2-c2nn[nH]n2)cn1. The van der Waals surface area contributed by atoms with Gasteiger partial charge in [-0.05, 0) is 29.7 Å². The fourth-order valence-electron chi connectivity index (χ4n) is 3.63. The van der Waals surface area contributed by atoms with E-state index in [9.17, 15) is 8.78 Å². The van der Waals surface area contributed by atoms with Crippen LogP contribution in [0.1, 0.15) is 56.9 Å². The number of nitrogens with zero attached hydrogens (tertiary/aromatic N) is 7. The van der Waals surface area contributed by atoms with Crippen LogP contribution in [0.2, 0.25) is 0 Å². The molecule has 0 fully saturated rings. The quantitative estimate of drug-likeness (QED) is 0.371. The Kier molecular flexibility index (Phi) is 6.81. The third-order valence-electron chi connectivity index (χ3n) is 5.35. The first-order valence-corrected chi connectivity index (χ1v) is 11.1. The van der Waals surface area contributed by atoms with E-state index >= 15 is 0 Å². The molecule has 0 aliphatic carbocycles.